The molecule has 2 unspecified atom stereocenters. The molecule has 0 aromatic carbocycles. The van der Waals surface area contributed by atoms with E-state index in [1.807, 2.05) is 20.0 Å². The summed E-state index contributed by atoms with van der Waals surface area (Å²) in [7, 11) is 2.03. The van der Waals surface area contributed by atoms with Crippen molar-refractivity contribution >= 4 is 11.9 Å². The summed E-state index contributed by atoms with van der Waals surface area (Å²) in [6, 6.07) is 0.330. The topological polar surface area (TPSA) is 99.1 Å². The van der Waals surface area contributed by atoms with Crippen LogP contribution in [0, 0.1) is 17.8 Å². The molecule has 3 N–H and O–H groups in total. The normalized spacial score (nSPS) is 28.7. The Morgan fingerprint density at radius 1 is 1.05 bits per heavy atom. The first-order chi connectivity index (χ1) is 18.5. The quantitative estimate of drug-likeness (QED) is 0.261. The number of nitrogens with one attached hydrogen (secondary N) is 1. The van der Waals surface area contributed by atoms with E-state index >= 15 is 0 Å². The number of ether oxygens (including phenoxy) is 1. The van der Waals surface area contributed by atoms with Gasteiger partial charge in [-0.15, -0.1) is 0 Å². The van der Waals surface area contributed by atoms with Crippen molar-refractivity contribution in [2.45, 2.75) is 110 Å². The van der Waals surface area contributed by atoms with E-state index in [0.717, 1.165) is 64.5 Å². The number of aliphatic hydroxyl groups is 1. The van der Waals surface area contributed by atoms with Gasteiger partial charge in [-0.2, -0.15) is 0 Å². The zero-order valence-electron chi connectivity index (χ0n) is 25.0. The van der Waals surface area contributed by atoms with Gasteiger partial charge in [-0.05, 0) is 123 Å². The molecular weight excluding hydrogens is 492 g/mol. The molecule has 7 nitrogen and oxygen atoms in total. The first-order valence-corrected chi connectivity index (χ1v) is 15.0. The number of carboxylic acid groups (broad SMARTS) is 1. The van der Waals surface area contributed by atoms with Crippen molar-refractivity contribution in [3.05, 3.63) is 36.0 Å². The van der Waals surface area contributed by atoms with Crippen LogP contribution in [0.5, 0.6) is 0 Å². The lowest BCUT2D eigenvalue weighted by molar-refractivity contribution is -0.143. The van der Waals surface area contributed by atoms with Crippen LogP contribution in [0.1, 0.15) is 91.9 Å². The Kier molecular flexibility index (Phi) is 14.5. The third kappa shape index (κ3) is 13.3. The van der Waals surface area contributed by atoms with E-state index < -0.39 is 5.97 Å². The standard InChI is InChI=1S/C25H41NO3.C7H13NO2/c1-5-6-7-24(28)26-22-13-11-20(12-14-22)10-8-19(2)9-15-23-16-21(18-27)17-25(3,4)29-23;1-8-4-2-6(3-5-8)7(9)10/h6-9,15,20-23,27H,5,10-14,16-18H2,1-4H3,(H,26,28);6H,2-5H2,1H3,(H,9,10)/b7-6-,15-9+,19-8+;. The minimum atomic E-state index is -0.631. The molecule has 39 heavy (non-hydrogen) atoms. The van der Waals surface area contributed by atoms with Crippen LogP contribution in [0.3, 0.4) is 0 Å². The Hall–Kier alpha value is -1.96. The van der Waals surface area contributed by atoms with Crippen LogP contribution in [0.2, 0.25) is 0 Å². The first-order valence-electron chi connectivity index (χ1n) is 15.0. The number of amides is 1. The lowest BCUT2D eigenvalue weighted by atomic mass is 9.83. The summed E-state index contributed by atoms with van der Waals surface area (Å²) >= 11 is 0. The molecule has 222 valence electrons. The van der Waals surface area contributed by atoms with Crippen molar-refractivity contribution < 1.29 is 24.5 Å². The highest BCUT2D eigenvalue weighted by Crippen LogP contribution is 2.33. The molecule has 0 aromatic heterocycles. The fourth-order valence-corrected chi connectivity index (χ4v) is 5.82. The Bertz CT molecular complexity index is 833. The van der Waals surface area contributed by atoms with Gasteiger partial charge in [0, 0.05) is 12.6 Å². The number of carbonyl (C=O) groups excluding carboxylic acids is 1. The van der Waals surface area contributed by atoms with Gasteiger partial charge in [0.25, 0.3) is 0 Å². The van der Waals surface area contributed by atoms with Gasteiger partial charge < -0.3 is 25.2 Å². The molecule has 3 aliphatic rings. The van der Waals surface area contributed by atoms with Gasteiger partial charge in [0.15, 0.2) is 0 Å². The van der Waals surface area contributed by atoms with Crippen LogP contribution in [0.25, 0.3) is 0 Å². The Labute approximate surface area is 236 Å². The summed E-state index contributed by atoms with van der Waals surface area (Å²) in [5.41, 5.74) is 1.11. The Morgan fingerprint density at radius 3 is 2.31 bits per heavy atom. The molecular formula is C32H54N2O5. The highest BCUT2D eigenvalue weighted by molar-refractivity contribution is 5.87. The number of carboxylic acids is 1. The molecule has 0 bridgehead atoms. The van der Waals surface area contributed by atoms with Gasteiger partial charge >= 0.3 is 5.97 Å². The molecule has 1 saturated carbocycles. The molecule has 0 aromatic rings. The van der Waals surface area contributed by atoms with Gasteiger partial charge in [-0.25, -0.2) is 0 Å². The number of allylic oxidation sites excluding steroid dienone is 4. The maximum atomic E-state index is 11.8. The number of likely N-dealkylation sites (tertiary alicyclic amines) is 1. The van der Waals surface area contributed by atoms with Crippen LogP contribution in [-0.4, -0.2) is 71.5 Å². The second-order valence-corrected chi connectivity index (χ2v) is 12.4. The molecule has 1 aliphatic carbocycles. The Balaban J connectivity index is 0.000000446. The molecule has 3 fully saturated rings. The molecule has 7 heteroatoms. The summed E-state index contributed by atoms with van der Waals surface area (Å²) < 4.78 is 6.15. The van der Waals surface area contributed by atoms with E-state index in [9.17, 15) is 14.7 Å². The van der Waals surface area contributed by atoms with Crippen LogP contribution in [0.15, 0.2) is 36.0 Å². The smallest absolute Gasteiger partial charge is 0.306 e. The van der Waals surface area contributed by atoms with E-state index in [4.69, 9.17) is 9.84 Å². The lowest BCUT2D eigenvalue weighted by Crippen LogP contribution is -2.39. The molecule has 0 radical (unpaired) electrons. The fourth-order valence-electron chi connectivity index (χ4n) is 5.82. The molecule has 2 aliphatic heterocycles. The minimum absolute atomic E-state index is 0.0488. The van der Waals surface area contributed by atoms with Gasteiger partial charge in [0.1, 0.15) is 0 Å². The summed E-state index contributed by atoms with van der Waals surface area (Å²) in [5, 5.41) is 21.3. The monoisotopic (exact) mass is 546 g/mol. The van der Waals surface area contributed by atoms with Crippen molar-refractivity contribution in [3.8, 4) is 0 Å². The van der Waals surface area contributed by atoms with Crippen LogP contribution < -0.4 is 5.32 Å². The van der Waals surface area contributed by atoms with Gasteiger partial charge in [-0.1, -0.05) is 36.8 Å². The molecule has 2 atom stereocenters. The van der Waals surface area contributed by atoms with Crippen LogP contribution in [-0.2, 0) is 14.3 Å². The highest BCUT2D eigenvalue weighted by Gasteiger charge is 2.33. The average molecular weight is 547 g/mol. The average Bonchev–Trinajstić information content (AvgIpc) is 2.90. The number of hydrogen-bond donors (Lipinski definition) is 3. The molecule has 1 amide bonds. The summed E-state index contributed by atoms with van der Waals surface area (Å²) in [5.74, 6) is 0.365. The van der Waals surface area contributed by atoms with E-state index in [1.54, 1.807) is 6.08 Å². The SMILES string of the molecule is CC/C=C\C(=O)NC1CCC(C/C=C(C)/C=C/C2CC(CO)CC(C)(C)O2)CC1.CN1CCC(C(=O)O)CC1. The zero-order chi connectivity index (χ0) is 28.8. The van der Waals surface area contributed by atoms with Crippen molar-refractivity contribution in [1.82, 2.24) is 10.2 Å². The first kappa shape index (κ1) is 33.2. The van der Waals surface area contributed by atoms with Crippen molar-refractivity contribution in [2.75, 3.05) is 26.7 Å². The number of aliphatic carboxylic acids is 1. The number of hydrogen-bond acceptors (Lipinski definition) is 5. The third-order valence-electron chi connectivity index (χ3n) is 8.19. The van der Waals surface area contributed by atoms with Crippen LogP contribution in [0.4, 0.5) is 0 Å². The van der Waals surface area contributed by atoms with Gasteiger partial charge in [-0.3, -0.25) is 9.59 Å². The summed E-state index contributed by atoms with van der Waals surface area (Å²) in [6.07, 6.45) is 20.2. The number of aliphatic hydroxyl groups excluding tert-OH is 1. The fraction of sp³-hybridized carbons (Fsp3) is 0.750. The van der Waals surface area contributed by atoms with Crippen molar-refractivity contribution in [2.24, 2.45) is 17.8 Å². The second kappa shape index (κ2) is 17.0. The number of piperidine rings is 1. The summed E-state index contributed by atoms with van der Waals surface area (Å²) in [6.45, 7) is 10.5. The van der Waals surface area contributed by atoms with E-state index in [1.165, 1.54) is 18.4 Å². The molecule has 2 heterocycles. The number of carbonyl (C=O) groups is 2. The molecule has 2 saturated heterocycles. The predicted molar refractivity (Wildman–Crippen MR) is 157 cm³/mol. The van der Waals surface area contributed by atoms with Crippen molar-refractivity contribution in [3.63, 3.8) is 0 Å². The van der Waals surface area contributed by atoms with E-state index in [2.05, 4.69) is 49.2 Å². The Morgan fingerprint density at radius 2 is 1.72 bits per heavy atom. The minimum Gasteiger partial charge on any atom is -0.481 e. The maximum Gasteiger partial charge on any atom is 0.306 e. The number of nitrogens with zero attached hydrogens (tertiary/aromatic N) is 1. The number of rotatable bonds is 9. The van der Waals surface area contributed by atoms with Gasteiger partial charge in [0.05, 0.1) is 17.6 Å². The maximum absolute atomic E-state index is 11.8. The second-order valence-electron chi connectivity index (χ2n) is 12.4. The predicted octanol–water partition coefficient (Wildman–Crippen LogP) is 5.50. The largest absolute Gasteiger partial charge is 0.481 e. The zero-order valence-corrected chi connectivity index (χ0v) is 25.0. The summed E-state index contributed by atoms with van der Waals surface area (Å²) in [4.78, 5) is 24.4. The van der Waals surface area contributed by atoms with E-state index in [0.29, 0.717) is 17.9 Å². The third-order valence-corrected chi connectivity index (χ3v) is 8.19. The highest BCUT2D eigenvalue weighted by atomic mass is 16.5. The van der Waals surface area contributed by atoms with Crippen LogP contribution >= 0.6 is 0 Å². The molecule has 3 rings (SSSR count). The van der Waals surface area contributed by atoms with Gasteiger partial charge in [0.2, 0.25) is 5.91 Å². The van der Waals surface area contributed by atoms with E-state index in [-0.39, 0.29) is 30.1 Å². The van der Waals surface area contributed by atoms with Crippen molar-refractivity contribution in [1.29, 1.82) is 0 Å². The molecule has 0 spiro atoms. The lowest BCUT2D eigenvalue weighted by Gasteiger charge is -2.39.